The Morgan fingerprint density at radius 1 is 1.53 bits per heavy atom. The molecule has 0 amide bonds. The smallest absolute Gasteiger partial charge is 0.354 e. The van der Waals surface area contributed by atoms with Crippen molar-refractivity contribution in [2.75, 3.05) is 6.54 Å². The minimum Gasteiger partial charge on any atom is -0.354 e. The van der Waals surface area contributed by atoms with Crippen molar-refractivity contribution in [3.63, 3.8) is 0 Å². The van der Waals surface area contributed by atoms with Crippen LogP contribution in [0, 0.1) is 0 Å². The van der Waals surface area contributed by atoms with E-state index >= 15 is 0 Å². The van der Waals surface area contributed by atoms with Crippen LogP contribution in [0.25, 0.3) is 0 Å². The molecule has 0 saturated carbocycles. The van der Waals surface area contributed by atoms with Gasteiger partial charge in [0.1, 0.15) is 6.10 Å². The highest BCUT2D eigenvalue weighted by atomic mass is 32.3. The Morgan fingerprint density at radius 3 is 2.76 bits per heavy atom. The summed E-state index contributed by atoms with van der Waals surface area (Å²) in [6.45, 7) is 2.99. The quantitative estimate of drug-likeness (QED) is 0.496. The lowest BCUT2D eigenvalue weighted by atomic mass is 9.92. The summed E-state index contributed by atoms with van der Waals surface area (Å²) in [5.74, 6) is 0. The van der Waals surface area contributed by atoms with Crippen molar-refractivity contribution in [3.8, 4) is 0 Å². The number of ether oxygens (including phenoxy) is 1. The monoisotopic (exact) mass is 259 g/mol. The van der Waals surface area contributed by atoms with Crippen LogP contribution in [0.1, 0.15) is 13.3 Å². The van der Waals surface area contributed by atoms with Crippen LogP contribution in [0.2, 0.25) is 0 Å². The third-order valence-electron chi connectivity index (χ3n) is 2.94. The summed E-state index contributed by atoms with van der Waals surface area (Å²) in [4.78, 5) is 4.47. The first-order valence-electron chi connectivity index (χ1n) is 5.15. The molecule has 2 heterocycles. The summed E-state index contributed by atoms with van der Waals surface area (Å²) in [7, 11) is -4.67. The predicted octanol–water partition coefficient (Wildman–Crippen LogP) is 0.832. The Morgan fingerprint density at radius 2 is 2.18 bits per heavy atom. The fraction of sp³-hybridized carbons (Fsp3) is 0.500. The van der Waals surface area contributed by atoms with E-state index in [0.717, 1.165) is 18.7 Å². The largest absolute Gasteiger partial charge is 0.394 e. The van der Waals surface area contributed by atoms with Crippen LogP contribution in [0.15, 0.2) is 28.8 Å². The molecule has 2 aliphatic heterocycles. The fourth-order valence-electron chi connectivity index (χ4n) is 2.28. The van der Waals surface area contributed by atoms with Crippen molar-refractivity contribution in [2.45, 2.75) is 25.0 Å². The first-order chi connectivity index (χ1) is 7.88. The normalized spacial score (nSPS) is 35.6. The van der Waals surface area contributed by atoms with Crippen LogP contribution < -0.4 is 0 Å². The van der Waals surface area contributed by atoms with Gasteiger partial charge in [-0.05, 0) is 25.0 Å². The number of rotatable bonds is 0. The Labute approximate surface area is 99.3 Å². The van der Waals surface area contributed by atoms with Gasteiger partial charge in [-0.25, -0.2) is 0 Å². The van der Waals surface area contributed by atoms with E-state index in [1.807, 2.05) is 0 Å². The van der Waals surface area contributed by atoms with Gasteiger partial charge in [0.25, 0.3) is 0 Å². The molecule has 6 nitrogen and oxygen atoms in total. The molecule has 1 fully saturated rings. The second-order valence-electron chi connectivity index (χ2n) is 3.92. The topological polar surface area (TPSA) is 99.5 Å². The van der Waals surface area contributed by atoms with E-state index in [-0.39, 0.29) is 5.60 Å². The van der Waals surface area contributed by atoms with Crippen molar-refractivity contribution >= 4 is 16.1 Å². The highest BCUT2D eigenvalue weighted by molar-refractivity contribution is 7.79. The Bertz CT molecular complexity index is 511. The lowest BCUT2D eigenvalue weighted by molar-refractivity contribution is 0.364. The van der Waals surface area contributed by atoms with Crippen LogP contribution in [0.4, 0.5) is 0 Å². The van der Waals surface area contributed by atoms with Crippen LogP contribution in [0.5, 0.6) is 0 Å². The second-order valence-corrected chi connectivity index (χ2v) is 4.82. The maximum Gasteiger partial charge on any atom is 0.394 e. The van der Waals surface area contributed by atoms with Crippen molar-refractivity contribution in [1.82, 2.24) is 0 Å². The van der Waals surface area contributed by atoms with Gasteiger partial charge in [0.05, 0.1) is 5.71 Å². The van der Waals surface area contributed by atoms with Crippen molar-refractivity contribution < 1.29 is 22.3 Å². The van der Waals surface area contributed by atoms with E-state index in [2.05, 4.69) is 30.1 Å². The molecule has 3 rings (SSSR count). The summed E-state index contributed by atoms with van der Waals surface area (Å²) in [6.07, 6.45) is 7.86. The second kappa shape index (κ2) is 4.02. The van der Waals surface area contributed by atoms with Crippen LogP contribution in [-0.2, 0) is 15.1 Å². The number of epoxide rings is 1. The molecule has 0 aromatic heterocycles. The summed E-state index contributed by atoms with van der Waals surface area (Å²) in [5, 5.41) is 0. The third kappa shape index (κ3) is 2.32. The summed E-state index contributed by atoms with van der Waals surface area (Å²) in [5.41, 5.74) is 2.37. The lowest BCUT2D eigenvalue weighted by Crippen LogP contribution is -2.27. The molecule has 0 aromatic carbocycles. The Balaban J connectivity index is 0.000000188. The van der Waals surface area contributed by atoms with Crippen LogP contribution in [0.3, 0.4) is 0 Å². The number of allylic oxidation sites excluding steroid dienone is 1. The number of hydrogen-bond acceptors (Lipinski definition) is 4. The van der Waals surface area contributed by atoms with E-state index < -0.39 is 10.4 Å². The Hall–Kier alpha value is -1.02. The molecule has 2 atom stereocenters. The van der Waals surface area contributed by atoms with Gasteiger partial charge in [0, 0.05) is 6.54 Å². The lowest BCUT2D eigenvalue weighted by Gasteiger charge is -2.12. The fourth-order valence-corrected chi connectivity index (χ4v) is 2.28. The van der Waals surface area contributed by atoms with E-state index in [9.17, 15) is 0 Å². The summed E-state index contributed by atoms with van der Waals surface area (Å²) < 4.78 is 37.3. The first-order valence-corrected chi connectivity index (χ1v) is 6.55. The van der Waals surface area contributed by atoms with E-state index in [0.29, 0.717) is 6.10 Å². The maximum atomic E-state index is 8.74. The number of nitrogens with zero attached hydrogens (tertiary/aromatic N) is 1. The van der Waals surface area contributed by atoms with Gasteiger partial charge < -0.3 is 4.74 Å². The zero-order valence-corrected chi connectivity index (χ0v) is 10.0. The number of hydrogen-bond donors (Lipinski definition) is 2. The molecule has 0 aromatic rings. The molecule has 94 valence electrons. The van der Waals surface area contributed by atoms with Gasteiger partial charge in [-0.15, -0.1) is 0 Å². The molecule has 1 spiro atoms. The molecule has 0 radical (unpaired) electrons. The van der Waals surface area contributed by atoms with Crippen molar-refractivity contribution in [3.05, 3.63) is 23.8 Å². The molecular weight excluding hydrogens is 246 g/mol. The predicted molar refractivity (Wildman–Crippen MR) is 61.6 cm³/mol. The molecule has 7 heteroatoms. The van der Waals surface area contributed by atoms with Crippen molar-refractivity contribution in [1.29, 1.82) is 0 Å². The summed E-state index contributed by atoms with van der Waals surface area (Å²) >= 11 is 0. The van der Waals surface area contributed by atoms with Crippen molar-refractivity contribution in [2.24, 2.45) is 4.99 Å². The van der Waals surface area contributed by atoms with Gasteiger partial charge in [0.15, 0.2) is 5.60 Å². The molecule has 17 heavy (non-hydrogen) atoms. The zero-order chi connectivity index (χ0) is 12.7. The average molecular weight is 259 g/mol. The number of aliphatic imine (C=N–C) groups is 1. The molecule has 0 bridgehead atoms. The van der Waals surface area contributed by atoms with Gasteiger partial charge in [-0.3, -0.25) is 14.1 Å². The maximum absolute atomic E-state index is 8.74. The van der Waals surface area contributed by atoms with Gasteiger partial charge in [0.2, 0.25) is 0 Å². The van der Waals surface area contributed by atoms with Gasteiger partial charge in [-0.2, -0.15) is 8.42 Å². The summed E-state index contributed by atoms with van der Waals surface area (Å²) in [6, 6.07) is 0. The molecule has 2 N–H and O–H groups in total. The zero-order valence-electron chi connectivity index (χ0n) is 9.20. The van der Waals surface area contributed by atoms with Gasteiger partial charge >= 0.3 is 10.4 Å². The molecule has 1 unspecified atom stereocenters. The molecule has 1 saturated heterocycles. The highest BCUT2D eigenvalue weighted by Crippen LogP contribution is 2.51. The standard InChI is InChI=1S/C10H11NO.H2O4S/c1-2-7-3-4-8-10(7)9(12-10)5-6-11-8;1-5(2,3)4/h2-4,9H,5-6H2,1H3;(H2,1,2,3,4)/b7-2+;/t9-,10?;/m1./s1. The van der Waals surface area contributed by atoms with Crippen LogP contribution in [-0.4, -0.2) is 41.5 Å². The molecule has 1 aliphatic carbocycles. The Kier molecular flexibility index (Phi) is 2.94. The average Bonchev–Trinajstić information content (AvgIpc) is 2.82. The first kappa shape index (κ1) is 12.4. The highest BCUT2D eigenvalue weighted by Gasteiger charge is 2.63. The SMILES string of the molecule is C/C=C1\C=CC2=NCC[C@H]3OC213.O=S(=O)(O)O. The van der Waals surface area contributed by atoms with E-state index in [1.165, 1.54) is 5.57 Å². The van der Waals surface area contributed by atoms with Gasteiger partial charge in [-0.1, -0.05) is 12.2 Å². The minimum absolute atomic E-state index is 0.0764. The molecular formula is C10H13NO5S. The molecule has 3 aliphatic rings. The van der Waals surface area contributed by atoms with Crippen LogP contribution >= 0.6 is 0 Å². The minimum atomic E-state index is -4.67. The van der Waals surface area contributed by atoms with E-state index in [4.69, 9.17) is 22.3 Å². The van der Waals surface area contributed by atoms with E-state index in [1.54, 1.807) is 0 Å². The third-order valence-corrected chi connectivity index (χ3v) is 2.94.